The number of fused-ring (bicyclic) bond motifs is 1. The van der Waals surface area contributed by atoms with Crippen molar-refractivity contribution in [1.82, 2.24) is 30.1 Å². The van der Waals surface area contributed by atoms with Crippen molar-refractivity contribution < 1.29 is 4.74 Å². The van der Waals surface area contributed by atoms with E-state index in [2.05, 4.69) is 65.2 Å². The van der Waals surface area contributed by atoms with Gasteiger partial charge in [0.1, 0.15) is 5.75 Å². The van der Waals surface area contributed by atoms with Crippen molar-refractivity contribution in [3.8, 4) is 5.75 Å². The standard InChI is InChI=1S/C27H34N6O2/c1-6-10-24(25-29-30-31-33(25)27(2,3)4)32(17-19-11-8-7-9-12-19)18-21-15-20-13-14-22(35-5)16-23(20)28-26(21)34/h7-9,11-16,24H,6,10,17-18H2,1-5H3,(H,28,34)/t24-/m1/s1. The van der Waals surface area contributed by atoms with Crippen LogP contribution >= 0.6 is 0 Å². The van der Waals surface area contributed by atoms with Crippen LogP contribution in [0.3, 0.4) is 0 Å². The van der Waals surface area contributed by atoms with Gasteiger partial charge in [-0.15, -0.1) is 5.10 Å². The zero-order valence-electron chi connectivity index (χ0n) is 21.2. The molecular weight excluding hydrogens is 440 g/mol. The fourth-order valence-electron chi connectivity index (χ4n) is 4.41. The quantitative estimate of drug-likeness (QED) is 0.374. The summed E-state index contributed by atoms with van der Waals surface area (Å²) in [6, 6.07) is 18.0. The lowest BCUT2D eigenvalue weighted by atomic mass is 10.0. The number of nitrogens with zero attached hydrogens (tertiary/aromatic N) is 5. The topological polar surface area (TPSA) is 88.9 Å². The van der Waals surface area contributed by atoms with E-state index in [4.69, 9.17) is 4.74 Å². The summed E-state index contributed by atoms with van der Waals surface area (Å²) >= 11 is 0. The number of rotatable bonds is 9. The van der Waals surface area contributed by atoms with Crippen LogP contribution in [0.25, 0.3) is 10.9 Å². The van der Waals surface area contributed by atoms with E-state index in [0.717, 1.165) is 29.6 Å². The molecule has 8 heteroatoms. The Bertz CT molecular complexity index is 1320. The third-order valence-electron chi connectivity index (χ3n) is 6.16. The number of methoxy groups -OCH3 is 1. The molecule has 0 fully saturated rings. The van der Waals surface area contributed by atoms with Crippen molar-refractivity contribution in [3.63, 3.8) is 0 Å². The maximum Gasteiger partial charge on any atom is 0.252 e. The van der Waals surface area contributed by atoms with E-state index < -0.39 is 0 Å². The Morgan fingerprint density at radius 1 is 1.09 bits per heavy atom. The Morgan fingerprint density at radius 2 is 1.86 bits per heavy atom. The predicted molar refractivity (Wildman–Crippen MR) is 137 cm³/mol. The van der Waals surface area contributed by atoms with E-state index in [1.165, 1.54) is 5.56 Å². The number of benzene rings is 2. The van der Waals surface area contributed by atoms with E-state index in [1.54, 1.807) is 7.11 Å². The molecule has 0 aliphatic heterocycles. The van der Waals surface area contributed by atoms with Crippen molar-refractivity contribution in [2.24, 2.45) is 0 Å². The number of hydrogen-bond acceptors (Lipinski definition) is 6. The summed E-state index contributed by atoms with van der Waals surface area (Å²) in [6.45, 7) is 9.59. The largest absolute Gasteiger partial charge is 0.497 e. The predicted octanol–water partition coefficient (Wildman–Crippen LogP) is 4.82. The van der Waals surface area contributed by atoms with Gasteiger partial charge in [0, 0.05) is 24.7 Å². The fraction of sp³-hybridized carbons (Fsp3) is 0.407. The molecule has 4 aromatic rings. The van der Waals surface area contributed by atoms with E-state index in [-0.39, 0.29) is 17.1 Å². The summed E-state index contributed by atoms with van der Waals surface area (Å²) in [7, 11) is 1.62. The van der Waals surface area contributed by atoms with E-state index >= 15 is 0 Å². The first kappa shape index (κ1) is 24.6. The average Bonchev–Trinajstić information content (AvgIpc) is 3.33. The van der Waals surface area contributed by atoms with Gasteiger partial charge in [0.05, 0.1) is 24.2 Å². The van der Waals surface area contributed by atoms with Gasteiger partial charge in [0.15, 0.2) is 5.82 Å². The minimum atomic E-state index is -0.261. The fourth-order valence-corrected chi connectivity index (χ4v) is 4.41. The van der Waals surface area contributed by atoms with E-state index in [1.807, 2.05) is 47.1 Å². The molecule has 0 saturated heterocycles. The zero-order chi connectivity index (χ0) is 25.0. The highest BCUT2D eigenvalue weighted by Gasteiger charge is 2.30. The Morgan fingerprint density at radius 3 is 2.54 bits per heavy atom. The maximum atomic E-state index is 13.1. The molecule has 1 N–H and O–H groups in total. The highest BCUT2D eigenvalue weighted by molar-refractivity contribution is 5.80. The molecule has 0 radical (unpaired) electrons. The van der Waals surface area contributed by atoms with Gasteiger partial charge >= 0.3 is 0 Å². The summed E-state index contributed by atoms with van der Waals surface area (Å²) in [5.74, 6) is 1.53. The van der Waals surface area contributed by atoms with Crippen LogP contribution < -0.4 is 10.3 Å². The second-order valence-electron chi connectivity index (χ2n) is 9.89. The van der Waals surface area contributed by atoms with Crippen LogP contribution in [0.15, 0.2) is 59.4 Å². The Hall–Kier alpha value is -3.52. The third kappa shape index (κ3) is 5.59. The van der Waals surface area contributed by atoms with Crippen LogP contribution in [0.4, 0.5) is 0 Å². The molecule has 0 amide bonds. The highest BCUT2D eigenvalue weighted by atomic mass is 16.5. The maximum absolute atomic E-state index is 13.1. The smallest absolute Gasteiger partial charge is 0.252 e. The second kappa shape index (κ2) is 10.4. The molecular formula is C27H34N6O2. The van der Waals surface area contributed by atoms with Crippen LogP contribution in [0.5, 0.6) is 5.75 Å². The van der Waals surface area contributed by atoms with Crippen molar-refractivity contribution in [2.45, 2.75) is 65.2 Å². The summed E-state index contributed by atoms with van der Waals surface area (Å²) in [5.41, 5.74) is 2.27. The summed E-state index contributed by atoms with van der Waals surface area (Å²) in [5, 5.41) is 13.8. The molecule has 8 nitrogen and oxygen atoms in total. The summed E-state index contributed by atoms with van der Waals surface area (Å²) in [4.78, 5) is 18.5. The van der Waals surface area contributed by atoms with Crippen LogP contribution in [0.2, 0.25) is 0 Å². The zero-order valence-corrected chi connectivity index (χ0v) is 21.2. The minimum Gasteiger partial charge on any atom is -0.497 e. The molecule has 0 aliphatic rings. The normalized spacial score (nSPS) is 12.9. The summed E-state index contributed by atoms with van der Waals surface area (Å²) in [6.07, 6.45) is 1.83. The SMILES string of the molecule is CCC[C@H](c1nnnn1C(C)(C)C)N(Cc1ccccc1)Cc1cc2ccc(OC)cc2[nH]c1=O. The van der Waals surface area contributed by atoms with Gasteiger partial charge in [-0.2, -0.15) is 0 Å². The molecule has 2 aromatic carbocycles. The number of pyridine rings is 1. The van der Waals surface area contributed by atoms with Gasteiger partial charge < -0.3 is 9.72 Å². The summed E-state index contributed by atoms with van der Waals surface area (Å²) < 4.78 is 7.22. The first-order chi connectivity index (χ1) is 16.8. The van der Waals surface area contributed by atoms with Crippen LogP contribution in [-0.2, 0) is 18.6 Å². The van der Waals surface area contributed by atoms with E-state index in [0.29, 0.717) is 24.4 Å². The Balaban J connectivity index is 1.77. The van der Waals surface area contributed by atoms with Crippen molar-refractivity contribution in [2.75, 3.05) is 7.11 Å². The van der Waals surface area contributed by atoms with Crippen molar-refractivity contribution in [1.29, 1.82) is 0 Å². The lowest BCUT2D eigenvalue weighted by molar-refractivity contribution is 0.148. The number of hydrogen-bond donors (Lipinski definition) is 1. The Kier molecular flexibility index (Phi) is 7.31. The minimum absolute atomic E-state index is 0.0552. The average molecular weight is 475 g/mol. The van der Waals surface area contributed by atoms with Crippen LogP contribution in [-0.4, -0.2) is 37.2 Å². The van der Waals surface area contributed by atoms with E-state index in [9.17, 15) is 4.79 Å². The van der Waals surface area contributed by atoms with Crippen LogP contribution in [0.1, 0.15) is 63.5 Å². The first-order valence-electron chi connectivity index (χ1n) is 12.1. The molecule has 0 spiro atoms. The lowest BCUT2D eigenvalue weighted by Gasteiger charge is -2.33. The van der Waals surface area contributed by atoms with Gasteiger partial charge in [-0.3, -0.25) is 9.69 Å². The molecule has 2 heterocycles. The van der Waals surface area contributed by atoms with Gasteiger partial charge in [-0.05, 0) is 66.8 Å². The van der Waals surface area contributed by atoms with Crippen molar-refractivity contribution >= 4 is 10.9 Å². The molecule has 35 heavy (non-hydrogen) atoms. The van der Waals surface area contributed by atoms with Crippen molar-refractivity contribution in [3.05, 3.63) is 81.9 Å². The lowest BCUT2D eigenvalue weighted by Crippen LogP contribution is -2.35. The molecule has 184 valence electrons. The molecule has 0 unspecified atom stereocenters. The second-order valence-corrected chi connectivity index (χ2v) is 9.89. The van der Waals surface area contributed by atoms with Gasteiger partial charge in [-0.1, -0.05) is 43.7 Å². The third-order valence-corrected chi connectivity index (χ3v) is 6.16. The number of aromatic amines is 1. The molecule has 2 aromatic heterocycles. The van der Waals surface area contributed by atoms with Gasteiger partial charge in [0.25, 0.3) is 5.56 Å². The number of H-pyrrole nitrogens is 1. The van der Waals surface area contributed by atoms with Gasteiger partial charge in [-0.25, -0.2) is 4.68 Å². The molecule has 1 atom stereocenters. The number of ether oxygens (including phenoxy) is 1. The molecule has 0 bridgehead atoms. The number of tetrazole rings is 1. The van der Waals surface area contributed by atoms with Gasteiger partial charge in [0.2, 0.25) is 0 Å². The first-order valence-corrected chi connectivity index (χ1v) is 12.1. The molecule has 0 saturated carbocycles. The monoisotopic (exact) mass is 474 g/mol. The molecule has 0 aliphatic carbocycles. The highest BCUT2D eigenvalue weighted by Crippen LogP contribution is 2.30. The van der Waals surface area contributed by atoms with Crippen LogP contribution in [0, 0.1) is 0 Å². The number of aromatic nitrogens is 5. The number of nitrogens with one attached hydrogen (secondary N) is 1. The molecule has 4 rings (SSSR count). The Labute approximate surface area is 205 Å².